The molecule has 0 aliphatic heterocycles. The van der Waals surface area contributed by atoms with Crippen LogP contribution in [0.25, 0.3) is 0 Å². The maximum atomic E-state index is 12.2. The Bertz CT molecular complexity index is 367. The van der Waals surface area contributed by atoms with Gasteiger partial charge in [-0.25, -0.2) is 0 Å². The first-order valence-electron chi connectivity index (χ1n) is 6.41. The minimum Gasteiger partial charge on any atom is -0.330 e. The molecule has 1 aromatic carbocycles. The molecule has 17 heavy (non-hydrogen) atoms. The topological polar surface area (TPSA) is 43.1 Å². The van der Waals surface area contributed by atoms with Crippen LogP contribution in [0.3, 0.4) is 0 Å². The molecule has 0 spiro atoms. The van der Waals surface area contributed by atoms with E-state index in [-0.39, 0.29) is 11.7 Å². The first-order chi connectivity index (χ1) is 8.08. The van der Waals surface area contributed by atoms with Crippen LogP contribution in [0.4, 0.5) is 0 Å². The Kier molecular flexibility index (Phi) is 5.36. The van der Waals surface area contributed by atoms with Crippen LogP contribution < -0.4 is 5.73 Å². The van der Waals surface area contributed by atoms with Gasteiger partial charge in [-0.2, -0.15) is 0 Å². The predicted octanol–water partition coefficient (Wildman–Crippen LogP) is 3.05. The molecule has 1 aromatic rings. The molecule has 0 heterocycles. The molecule has 2 N–H and O–H groups in total. The largest absolute Gasteiger partial charge is 0.330 e. The van der Waals surface area contributed by atoms with E-state index in [0.717, 1.165) is 18.4 Å². The second-order valence-corrected chi connectivity index (χ2v) is 5.00. The zero-order valence-corrected chi connectivity index (χ0v) is 11.1. The number of hydrogen-bond acceptors (Lipinski definition) is 2. The lowest BCUT2D eigenvalue weighted by atomic mass is 9.93. The number of rotatable bonds is 6. The van der Waals surface area contributed by atoms with Crippen LogP contribution in [0.15, 0.2) is 24.3 Å². The van der Waals surface area contributed by atoms with E-state index in [1.807, 2.05) is 25.1 Å². The second-order valence-electron chi connectivity index (χ2n) is 5.00. The quantitative estimate of drug-likeness (QED) is 0.767. The minimum absolute atomic E-state index is 0.0377. The number of carbonyl (C=O) groups is 1. The summed E-state index contributed by atoms with van der Waals surface area (Å²) >= 11 is 0. The molecular weight excluding hydrogens is 210 g/mol. The zero-order valence-electron chi connectivity index (χ0n) is 11.1. The molecule has 1 rings (SSSR count). The second kappa shape index (κ2) is 6.55. The first kappa shape index (κ1) is 13.9. The molecule has 2 heteroatoms. The Morgan fingerprint density at radius 3 is 2.59 bits per heavy atom. The van der Waals surface area contributed by atoms with Crippen molar-refractivity contribution >= 4 is 5.78 Å². The smallest absolute Gasteiger partial charge is 0.167 e. The zero-order chi connectivity index (χ0) is 12.8. The van der Waals surface area contributed by atoms with E-state index in [9.17, 15) is 4.79 Å². The molecule has 0 bridgehead atoms. The van der Waals surface area contributed by atoms with E-state index >= 15 is 0 Å². The third-order valence-corrected chi connectivity index (χ3v) is 3.00. The molecule has 0 fully saturated rings. The SMILES string of the molecule is CCC(CN)C(=O)c1cccc(CC(C)C)c1. The van der Waals surface area contributed by atoms with Crippen molar-refractivity contribution in [1.29, 1.82) is 0 Å². The van der Waals surface area contributed by atoms with Crippen molar-refractivity contribution in [3.05, 3.63) is 35.4 Å². The molecule has 94 valence electrons. The standard InChI is InChI=1S/C15H23NO/c1-4-13(10-16)15(17)14-7-5-6-12(9-14)8-11(2)3/h5-7,9,11,13H,4,8,10,16H2,1-3H3. The number of hydrogen-bond donors (Lipinski definition) is 1. The molecule has 0 radical (unpaired) electrons. The van der Waals surface area contributed by atoms with Crippen molar-refractivity contribution in [2.75, 3.05) is 6.54 Å². The van der Waals surface area contributed by atoms with Gasteiger partial charge in [-0.05, 0) is 30.4 Å². The summed E-state index contributed by atoms with van der Waals surface area (Å²) in [5.74, 6) is 0.752. The summed E-state index contributed by atoms with van der Waals surface area (Å²) in [5, 5.41) is 0. The highest BCUT2D eigenvalue weighted by Crippen LogP contribution is 2.15. The van der Waals surface area contributed by atoms with Gasteiger partial charge in [0, 0.05) is 18.0 Å². The van der Waals surface area contributed by atoms with E-state index in [4.69, 9.17) is 5.73 Å². The van der Waals surface area contributed by atoms with Crippen LogP contribution in [0.2, 0.25) is 0 Å². The monoisotopic (exact) mass is 233 g/mol. The normalized spacial score (nSPS) is 12.8. The molecular formula is C15H23NO. The highest BCUT2D eigenvalue weighted by Gasteiger charge is 2.16. The van der Waals surface area contributed by atoms with Gasteiger partial charge in [-0.1, -0.05) is 39.0 Å². The van der Waals surface area contributed by atoms with Crippen molar-refractivity contribution in [3.63, 3.8) is 0 Å². The van der Waals surface area contributed by atoms with Gasteiger partial charge in [0.05, 0.1) is 0 Å². The number of carbonyl (C=O) groups excluding carboxylic acids is 1. The lowest BCUT2D eigenvalue weighted by Crippen LogP contribution is -2.23. The highest BCUT2D eigenvalue weighted by molar-refractivity contribution is 5.98. The molecule has 2 nitrogen and oxygen atoms in total. The lowest BCUT2D eigenvalue weighted by molar-refractivity contribution is 0.0921. The molecule has 0 amide bonds. The van der Waals surface area contributed by atoms with Gasteiger partial charge in [0.25, 0.3) is 0 Å². The van der Waals surface area contributed by atoms with E-state index < -0.39 is 0 Å². The van der Waals surface area contributed by atoms with Gasteiger partial charge in [-0.15, -0.1) is 0 Å². The number of ketones is 1. The van der Waals surface area contributed by atoms with Crippen molar-refractivity contribution in [3.8, 4) is 0 Å². The summed E-state index contributed by atoms with van der Waals surface area (Å²) in [5.41, 5.74) is 7.66. The fraction of sp³-hybridized carbons (Fsp3) is 0.533. The van der Waals surface area contributed by atoms with Crippen molar-refractivity contribution < 1.29 is 4.79 Å². The van der Waals surface area contributed by atoms with E-state index in [1.165, 1.54) is 5.56 Å². The fourth-order valence-electron chi connectivity index (χ4n) is 2.02. The van der Waals surface area contributed by atoms with E-state index in [0.29, 0.717) is 12.5 Å². The predicted molar refractivity (Wildman–Crippen MR) is 72.1 cm³/mol. The van der Waals surface area contributed by atoms with Gasteiger partial charge >= 0.3 is 0 Å². The van der Waals surface area contributed by atoms with Gasteiger partial charge in [0.2, 0.25) is 0 Å². The summed E-state index contributed by atoms with van der Waals surface area (Å²) in [6.45, 7) is 6.81. The molecule has 0 saturated heterocycles. The van der Waals surface area contributed by atoms with Crippen LogP contribution in [0.1, 0.15) is 43.1 Å². The third-order valence-electron chi connectivity index (χ3n) is 3.00. The molecule has 0 aliphatic rings. The van der Waals surface area contributed by atoms with E-state index in [2.05, 4.69) is 19.9 Å². The number of nitrogens with two attached hydrogens (primary N) is 1. The number of benzene rings is 1. The van der Waals surface area contributed by atoms with Crippen LogP contribution in [0.5, 0.6) is 0 Å². The van der Waals surface area contributed by atoms with Crippen LogP contribution in [-0.4, -0.2) is 12.3 Å². The summed E-state index contributed by atoms with van der Waals surface area (Å²) < 4.78 is 0. The van der Waals surface area contributed by atoms with Gasteiger partial charge in [0.1, 0.15) is 0 Å². The average Bonchev–Trinajstić information content (AvgIpc) is 2.30. The Morgan fingerprint density at radius 1 is 1.35 bits per heavy atom. The lowest BCUT2D eigenvalue weighted by Gasteiger charge is -2.12. The summed E-state index contributed by atoms with van der Waals surface area (Å²) in [7, 11) is 0. The van der Waals surface area contributed by atoms with Crippen molar-refractivity contribution in [1.82, 2.24) is 0 Å². The van der Waals surface area contributed by atoms with Gasteiger partial charge in [0.15, 0.2) is 5.78 Å². The fourth-order valence-corrected chi connectivity index (χ4v) is 2.02. The molecule has 1 unspecified atom stereocenters. The summed E-state index contributed by atoms with van der Waals surface area (Å²) in [6, 6.07) is 7.96. The van der Waals surface area contributed by atoms with Crippen LogP contribution >= 0.6 is 0 Å². The van der Waals surface area contributed by atoms with Gasteiger partial charge < -0.3 is 5.73 Å². The van der Waals surface area contributed by atoms with Crippen LogP contribution in [0, 0.1) is 11.8 Å². The highest BCUT2D eigenvalue weighted by atomic mass is 16.1. The minimum atomic E-state index is -0.0377. The Labute approximate surface area is 104 Å². The van der Waals surface area contributed by atoms with Crippen molar-refractivity contribution in [2.24, 2.45) is 17.6 Å². The van der Waals surface area contributed by atoms with Crippen LogP contribution in [-0.2, 0) is 6.42 Å². The van der Waals surface area contributed by atoms with Gasteiger partial charge in [-0.3, -0.25) is 4.79 Å². The molecule has 0 aliphatic carbocycles. The Morgan fingerprint density at radius 2 is 2.06 bits per heavy atom. The molecule has 0 aromatic heterocycles. The first-order valence-corrected chi connectivity index (χ1v) is 6.41. The molecule has 1 atom stereocenters. The Hall–Kier alpha value is -1.15. The molecule has 0 saturated carbocycles. The maximum Gasteiger partial charge on any atom is 0.167 e. The average molecular weight is 233 g/mol. The summed E-state index contributed by atoms with van der Waals surface area (Å²) in [4.78, 5) is 12.2. The Balaban J connectivity index is 2.87. The van der Waals surface area contributed by atoms with Crippen molar-refractivity contribution in [2.45, 2.75) is 33.6 Å². The van der Waals surface area contributed by atoms with E-state index in [1.54, 1.807) is 0 Å². The number of Topliss-reactive ketones (excluding diaryl/α,β-unsaturated/α-hetero) is 1. The summed E-state index contributed by atoms with van der Waals surface area (Å²) in [6.07, 6.45) is 1.82. The maximum absolute atomic E-state index is 12.2. The third kappa shape index (κ3) is 3.97.